The van der Waals surface area contributed by atoms with Gasteiger partial charge in [0.25, 0.3) is 0 Å². The van der Waals surface area contributed by atoms with Gasteiger partial charge in [-0.15, -0.1) is 0 Å². The van der Waals surface area contributed by atoms with Gasteiger partial charge in [0, 0.05) is 0 Å². The third kappa shape index (κ3) is 4.64. The predicted octanol–water partition coefficient (Wildman–Crippen LogP) is 7.41. The zero-order valence-electron chi connectivity index (χ0n) is 17.3. The molecule has 0 spiro atoms. The van der Waals surface area contributed by atoms with Crippen LogP contribution in [-0.2, 0) is 11.8 Å². The Morgan fingerprint density at radius 3 is 2.12 bits per heavy atom. The second kappa shape index (κ2) is 7.63. The molecule has 0 radical (unpaired) electrons. The molecular formula is C24H40. The van der Waals surface area contributed by atoms with Gasteiger partial charge in [0.1, 0.15) is 0 Å². The van der Waals surface area contributed by atoms with Gasteiger partial charge in [-0.2, -0.15) is 0 Å². The molecule has 0 aromatic heterocycles. The van der Waals surface area contributed by atoms with Crippen LogP contribution in [0.15, 0.2) is 24.3 Å². The van der Waals surface area contributed by atoms with Gasteiger partial charge in [0.05, 0.1) is 0 Å². The lowest BCUT2D eigenvalue weighted by Gasteiger charge is -2.40. The summed E-state index contributed by atoms with van der Waals surface area (Å²) in [6.07, 6.45) is 8.01. The van der Waals surface area contributed by atoms with E-state index in [1.54, 1.807) is 0 Å². The summed E-state index contributed by atoms with van der Waals surface area (Å²) in [4.78, 5) is 0. The van der Waals surface area contributed by atoms with Crippen LogP contribution in [0.4, 0.5) is 0 Å². The van der Waals surface area contributed by atoms with Crippen molar-refractivity contribution in [3.05, 3.63) is 35.4 Å². The molecule has 3 atom stereocenters. The maximum atomic E-state index is 2.46. The van der Waals surface area contributed by atoms with Gasteiger partial charge >= 0.3 is 0 Å². The van der Waals surface area contributed by atoms with Crippen LogP contribution < -0.4 is 0 Å². The summed E-state index contributed by atoms with van der Waals surface area (Å²) >= 11 is 0. The Morgan fingerprint density at radius 2 is 1.67 bits per heavy atom. The summed E-state index contributed by atoms with van der Waals surface area (Å²) in [6.45, 7) is 16.9. The fourth-order valence-corrected chi connectivity index (χ4v) is 4.67. The maximum absolute atomic E-state index is 2.46. The number of rotatable bonds is 8. The Kier molecular flexibility index (Phi) is 6.21. The van der Waals surface area contributed by atoms with E-state index in [2.05, 4.69) is 72.7 Å². The number of hydrogen-bond donors (Lipinski definition) is 0. The predicted molar refractivity (Wildman–Crippen MR) is 108 cm³/mol. The molecule has 0 N–H and O–H groups in total. The zero-order valence-corrected chi connectivity index (χ0v) is 17.3. The lowest BCUT2D eigenvalue weighted by molar-refractivity contribution is 0.159. The van der Waals surface area contributed by atoms with E-state index in [1.807, 2.05) is 0 Å². The molecule has 1 saturated carbocycles. The van der Waals surface area contributed by atoms with E-state index in [0.717, 1.165) is 17.8 Å². The van der Waals surface area contributed by atoms with Gasteiger partial charge in [-0.05, 0) is 59.0 Å². The highest BCUT2D eigenvalue weighted by molar-refractivity contribution is 5.29. The molecule has 0 amide bonds. The zero-order chi connectivity index (χ0) is 18.0. The Hall–Kier alpha value is -0.780. The molecule has 0 heterocycles. The van der Waals surface area contributed by atoms with E-state index < -0.39 is 0 Å². The second-order valence-corrected chi connectivity index (χ2v) is 9.95. The van der Waals surface area contributed by atoms with Crippen LogP contribution in [0.5, 0.6) is 0 Å². The van der Waals surface area contributed by atoms with Crippen LogP contribution in [0, 0.1) is 23.2 Å². The molecule has 0 bridgehead atoms. The molecule has 1 fully saturated rings. The summed E-state index contributed by atoms with van der Waals surface area (Å²) in [5.41, 5.74) is 3.67. The van der Waals surface area contributed by atoms with Gasteiger partial charge in [-0.1, -0.05) is 92.0 Å². The minimum Gasteiger partial charge on any atom is -0.0654 e. The minimum absolute atomic E-state index is 0.244. The van der Waals surface area contributed by atoms with E-state index in [-0.39, 0.29) is 5.41 Å². The van der Waals surface area contributed by atoms with Crippen LogP contribution in [0.2, 0.25) is 0 Å². The monoisotopic (exact) mass is 328 g/mol. The van der Waals surface area contributed by atoms with E-state index >= 15 is 0 Å². The first-order chi connectivity index (χ1) is 11.2. The van der Waals surface area contributed by atoms with Gasteiger partial charge < -0.3 is 0 Å². The van der Waals surface area contributed by atoms with Crippen LogP contribution in [0.25, 0.3) is 0 Å². The Morgan fingerprint density at radius 1 is 1.04 bits per heavy atom. The first-order valence-corrected chi connectivity index (χ1v) is 10.2. The first-order valence-electron chi connectivity index (χ1n) is 10.2. The highest BCUT2D eigenvalue weighted by Crippen LogP contribution is 2.43. The standard InChI is InChI=1S/C24H40/c1-8-9-19(3)23(4,5)17-24(6,7)22-14-11-20(12-15-22)16-21-13-10-18(21)2/h11-12,14-15,18-19,21H,8-10,13,16-17H2,1-7H3. The average Bonchev–Trinajstić information content (AvgIpc) is 2.51. The Bertz CT molecular complexity index is 505. The van der Waals surface area contributed by atoms with Crippen LogP contribution in [-0.4, -0.2) is 0 Å². The molecule has 1 aliphatic rings. The average molecular weight is 329 g/mol. The molecule has 0 aliphatic heterocycles. The number of benzene rings is 1. The smallest absolute Gasteiger partial charge is 0.00984 e. The van der Waals surface area contributed by atoms with E-state index in [4.69, 9.17) is 0 Å². The first kappa shape index (κ1) is 19.5. The van der Waals surface area contributed by atoms with Crippen molar-refractivity contribution in [1.82, 2.24) is 0 Å². The number of hydrogen-bond acceptors (Lipinski definition) is 0. The van der Waals surface area contributed by atoms with E-state index in [9.17, 15) is 0 Å². The van der Waals surface area contributed by atoms with Crippen molar-refractivity contribution in [3.63, 3.8) is 0 Å². The summed E-state index contributed by atoms with van der Waals surface area (Å²) in [7, 11) is 0. The molecule has 1 aliphatic carbocycles. The second-order valence-electron chi connectivity index (χ2n) is 9.95. The Labute approximate surface area is 151 Å². The Balaban J connectivity index is 2.03. The summed E-state index contributed by atoms with van der Waals surface area (Å²) in [5, 5.41) is 0. The third-order valence-electron chi connectivity index (χ3n) is 6.98. The third-order valence-corrected chi connectivity index (χ3v) is 6.98. The lowest BCUT2D eigenvalue weighted by Crippen LogP contribution is -2.31. The molecule has 1 aromatic rings. The van der Waals surface area contributed by atoms with Gasteiger partial charge in [-0.25, -0.2) is 0 Å². The summed E-state index contributed by atoms with van der Waals surface area (Å²) in [5.74, 6) is 2.64. The maximum Gasteiger partial charge on any atom is -0.00984 e. The fourth-order valence-electron chi connectivity index (χ4n) is 4.67. The molecular weight excluding hydrogens is 288 g/mol. The van der Waals surface area contributed by atoms with Crippen molar-refractivity contribution >= 4 is 0 Å². The molecule has 0 saturated heterocycles. The highest BCUT2D eigenvalue weighted by Gasteiger charge is 2.33. The quantitative estimate of drug-likeness (QED) is 0.466. The molecule has 0 nitrogen and oxygen atoms in total. The molecule has 24 heavy (non-hydrogen) atoms. The summed E-state index contributed by atoms with van der Waals surface area (Å²) in [6, 6.07) is 9.59. The van der Waals surface area contributed by atoms with Crippen molar-refractivity contribution in [2.45, 2.75) is 92.4 Å². The largest absolute Gasteiger partial charge is 0.0654 e. The van der Waals surface area contributed by atoms with Crippen molar-refractivity contribution in [1.29, 1.82) is 0 Å². The highest BCUT2D eigenvalue weighted by atomic mass is 14.4. The van der Waals surface area contributed by atoms with Gasteiger partial charge in [0.2, 0.25) is 0 Å². The van der Waals surface area contributed by atoms with Crippen LogP contribution in [0.3, 0.4) is 0 Å². The van der Waals surface area contributed by atoms with Crippen LogP contribution in [0.1, 0.15) is 91.7 Å². The lowest BCUT2D eigenvalue weighted by atomic mass is 9.65. The molecule has 136 valence electrons. The van der Waals surface area contributed by atoms with Gasteiger partial charge in [-0.3, -0.25) is 0 Å². The SMILES string of the molecule is CCCC(C)C(C)(C)CC(C)(C)c1ccc(CC2CCC2C)cc1. The van der Waals surface area contributed by atoms with Gasteiger partial charge in [0.15, 0.2) is 0 Å². The van der Waals surface area contributed by atoms with Crippen molar-refractivity contribution in [3.8, 4) is 0 Å². The molecule has 2 rings (SSSR count). The van der Waals surface area contributed by atoms with Crippen molar-refractivity contribution < 1.29 is 0 Å². The topological polar surface area (TPSA) is 0 Å². The minimum atomic E-state index is 0.244. The fraction of sp³-hybridized carbons (Fsp3) is 0.750. The van der Waals surface area contributed by atoms with Crippen molar-refractivity contribution in [2.24, 2.45) is 23.2 Å². The molecule has 0 heteroatoms. The molecule has 3 unspecified atom stereocenters. The summed E-state index contributed by atoms with van der Waals surface area (Å²) < 4.78 is 0. The van der Waals surface area contributed by atoms with E-state index in [1.165, 1.54) is 49.7 Å². The normalized spacial score (nSPS) is 23.0. The van der Waals surface area contributed by atoms with Crippen molar-refractivity contribution in [2.75, 3.05) is 0 Å². The molecule has 1 aromatic carbocycles. The van der Waals surface area contributed by atoms with Crippen LogP contribution >= 0.6 is 0 Å². The van der Waals surface area contributed by atoms with E-state index in [0.29, 0.717) is 5.41 Å².